The van der Waals surface area contributed by atoms with E-state index in [9.17, 15) is 4.79 Å². The highest BCUT2D eigenvalue weighted by molar-refractivity contribution is 6.06. The van der Waals surface area contributed by atoms with Crippen molar-refractivity contribution < 1.29 is 10.0 Å². The minimum Gasteiger partial charge on any atom is -0.409 e. The second kappa shape index (κ2) is 5.38. The van der Waals surface area contributed by atoms with Gasteiger partial charge >= 0.3 is 0 Å². The van der Waals surface area contributed by atoms with E-state index in [-0.39, 0.29) is 11.7 Å². The first-order chi connectivity index (χ1) is 8.01. The summed E-state index contributed by atoms with van der Waals surface area (Å²) in [4.78, 5) is 14.2. The summed E-state index contributed by atoms with van der Waals surface area (Å²) in [6.07, 6.45) is 3.50. The van der Waals surface area contributed by atoms with E-state index in [1.54, 1.807) is 11.9 Å². The minimum atomic E-state index is -0.849. The first kappa shape index (κ1) is 13.8. The van der Waals surface area contributed by atoms with Crippen molar-refractivity contribution in [3.05, 3.63) is 0 Å². The number of rotatable bonds is 6. The topological polar surface area (TPSA) is 78.9 Å². The standard InChI is InChI=1S/C12H23N3O2/c1-4-12(5-2,10(13)14-17)11(16)15(3)8-9-6-7-9/h9,17H,4-8H2,1-3H3,(H2,13,14). The van der Waals surface area contributed by atoms with Crippen LogP contribution in [0.15, 0.2) is 5.16 Å². The maximum Gasteiger partial charge on any atom is 0.236 e. The van der Waals surface area contributed by atoms with Crippen LogP contribution in [0.25, 0.3) is 0 Å². The fraction of sp³-hybridized carbons (Fsp3) is 0.833. The molecule has 0 spiro atoms. The molecule has 5 heteroatoms. The van der Waals surface area contributed by atoms with Crippen molar-refractivity contribution in [1.82, 2.24) is 4.90 Å². The molecule has 98 valence electrons. The van der Waals surface area contributed by atoms with Crippen molar-refractivity contribution in [3.63, 3.8) is 0 Å². The van der Waals surface area contributed by atoms with E-state index in [4.69, 9.17) is 10.9 Å². The number of hydrogen-bond acceptors (Lipinski definition) is 3. The van der Waals surface area contributed by atoms with Crippen molar-refractivity contribution >= 4 is 11.7 Å². The maximum absolute atomic E-state index is 12.4. The van der Waals surface area contributed by atoms with Gasteiger partial charge in [-0.25, -0.2) is 0 Å². The van der Waals surface area contributed by atoms with Gasteiger partial charge in [-0.1, -0.05) is 19.0 Å². The normalized spacial score (nSPS) is 17.0. The highest BCUT2D eigenvalue weighted by Gasteiger charge is 2.42. The Morgan fingerprint density at radius 2 is 2.00 bits per heavy atom. The third-order valence-electron chi connectivity index (χ3n) is 3.79. The van der Waals surface area contributed by atoms with Crippen molar-refractivity contribution in [1.29, 1.82) is 0 Å². The molecule has 1 saturated carbocycles. The zero-order valence-corrected chi connectivity index (χ0v) is 10.9. The Kier molecular flexibility index (Phi) is 4.37. The third-order valence-corrected chi connectivity index (χ3v) is 3.79. The Morgan fingerprint density at radius 3 is 2.35 bits per heavy atom. The molecular formula is C12H23N3O2. The van der Waals surface area contributed by atoms with Crippen LogP contribution >= 0.6 is 0 Å². The van der Waals surface area contributed by atoms with Crippen molar-refractivity contribution in [2.75, 3.05) is 13.6 Å². The molecule has 0 radical (unpaired) electrons. The van der Waals surface area contributed by atoms with Crippen LogP contribution < -0.4 is 5.73 Å². The van der Waals surface area contributed by atoms with Crippen LogP contribution in [-0.4, -0.2) is 35.4 Å². The first-order valence-corrected chi connectivity index (χ1v) is 6.25. The van der Waals surface area contributed by atoms with Gasteiger partial charge in [0, 0.05) is 13.6 Å². The van der Waals surface area contributed by atoms with E-state index in [0.717, 1.165) is 6.54 Å². The maximum atomic E-state index is 12.4. The van der Waals surface area contributed by atoms with Crippen LogP contribution in [0, 0.1) is 11.3 Å². The molecule has 5 nitrogen and oxygen atoms in total. The van der Waals surface area contributed by atoms with E-state index in [1.165, 1.54) is 12.8 Å². The molecule has 1 rings (SSSR count). The summed E-state index contributed by atoms with van der Waals surface area (Å²) in [5.74, 6) is 0.627. The van der Waals surface area contributed by atoms with Gasteiger partial charge in [0.2, 0.25) is 5.91 Å². The van der Waals surface area contributed by atoms with E-state index in [2.05, 4.69) is 5.16 Å². The van der Waals surface area contributed by atoms with Crippen LogP contribution in [-0.2, 0) is 4.79 Å². The predicted octanol–water partition coefficient (Wildman–Crippen LogP) is 1.41. The van der Waals surface area contributed by atoms with Crippen LogP contribution in [0.5, 0.6) is 0 Å². The molecule has 0 aromatic rings. The summed E-state index contributed by atoms with van der Waals surface area (Å²) in [5.41, 5.74) is 4.86. The summed E-state index contributed by atoms with van der Waals surface area (Å²) in [5, 5.41) is 11.9. The van der Waals surface area contributed by atoms with Crippen LogP contribution in [0.2, 0.25) is 0 Å². The number of amides is 1. The Balaban J connectivity index is 2.84. The van der Waals surface area contributed by atoms with Gasteiger partial charge in [0.1, 0.15) is 5.41 Å². The number of amidine groups is 1. The number of carbonyl (C=O) groups excluding carboxylic acids is 1. The highest BCUT2D eigenvalue weighted by atomic mass is 16.4. The summed E-state index contributed by atoms with van der Waals surface area (Å²) in [6.45, 7) is 4.56. The molecule has 1 fully saturated rings. The van der Waals surface area contributed by atoms with Gasteiger partial charge in [-0.05, 0) is 31.6 Å². The summed E-state index contributed by atoms with van der Waals surface area (Å²) < 4.78 is 0. The zero-order valence-electron chi connectivity index (χ0n) is 10.9. The lowest BCUT2D eigenvalue weighted by Crippen LogP contribution is -2.50. The van der Waals surface area contributed by atoms with Crippen molar-refractivity contribution in [3.8, 4) is 0 Å². The molecular weight excluding hydrogens is 218 g/mol. The molecule has 0 saturated heterocycles. The number of hydrogen-bond donors (Lipinski definition) is 2. The van der Waals surface area contributed by atoms with Crippen molar-refractivity contribution in [2.45, 2.75) is 39.5 Å². The van der Waals surface area contributed by atoms with Gasteiger partial charge in [-0.2, -0.15) is 0 Å². The molecule has 1 aliphatic rings. The number of nitrogens with zero attached hydrogens (tertiary/aromatic N) is 2. The van der Waals surface area contributed by atoms with Gasteiger partial charge in [-0.15, -0.1) is 0 Å². The lowest BCUT2D eigenvalue weighted by molar-refractivity contribution is -0.137. The van der Waals surface area contributed by atoms with E-state index in [1.807, 2.05) is 13.8 Å². The largest absolute Gasteiger partial charge is 0.409 e. The molecule has 1 aliphatic carbocycles. The van der Waals surface area contributed by atoms with Crippen molar-refractivity contribution in [2.24, 2.45) is 22.2 Å². The summed E-state index contributed by atoms with van der Waals surface area (Å²) in [6, 6.07) is 0. The monoisotopic (exact) mass is 241 g/mol. The molecule has 0 heterocycles. The second-order valence-electron chi connectivity index (χ2n) is 4.90. The second-order valence-corrected chi connectivity index (χ2v) is 4.90. The van der Waals surface area contributed by atoms with E-state index < -0.39 is 5.41 Å². The molecule has 0 unspecified atom stereocenters. The molecule has 0 bridgehead atoms. The average Bonchev–Trinajstić information content (AvgIpc) is 3.14. The quantitative estimate of drug-likeness (QED) is 0.319. The Bertz CT molecular complexity index is 307. The van der Waals surface area contributed by atoms with Gasteiger partial charge in [0.25, 0.3) is 0 Å². The molecule has 17 heavy (non-hydrogen) atoms. The molecule has 0 aromatic carbocycles. The van der Waals surface area contributed by atoms with Crippen LogP contribution in [0.4, 0.5) is 0 Å². The Morgan fingerprint density at radius 1 is 1.47 bits per heavy atom. The Labute approximate surface area is 103 Å². The molecule has 0 aliphatic heterocycles. The first-order valence-electron chi connectivity index (χ1n) is 6.25. The fourth-order valence-electron chi connectivity index (χ4n) is 2.26. The number of carbonyl (C=O) groups is 1. The molecule has 0 aromatic heterocycles. The molecule has 1 amide bonds. The number of nitrogens with two attached hydrogens (primary N) is 1. The summed E-state index contributed by atoms with van der Waals surface area (Å²) >= 11 is 0. The van der Waals surface area contributed by atoms with Crippen LogP contribution in [0.1, 0.15) is 39.5 Å². The SMILES string of the molecule is CCC(CC)(C(=O)N(C)CC1CC1)C(N)=NO. The van der Waals surface area contributed by atoms with Gasteiger partial charge in [-0.3, -0.25) is 4.79 Å². The summed E-state index contributed by atoms with van der Waals surface area (Å²) in [7, 11) is 1.80. The zero-order chi connectivity index (χ0) is 13.1. The molecule has 0 atom stereocenters. The lowest BCUT2D eigenvalue weighted by atomic mass is 9.79. The van der Waals surface area contributed by atoms with E-state index in [0.29, 0.717) is 18.8 Å². The average molecular weight is 241 g/mol. The number of oxime groups is 1. The van der Waals surface area contributed by atoms with E-state index >= 15 is 0 Å². The van der Waals surface area contributed by atoms with Gasteiger partial charge in [0.05, 0.1) is 0 Å². The minimum absolute atomic E-state index is 0.0233. The molecule has 3 N–H and O–H groups in total. The van der Waals surface area contributed by atoms with Gasteiger partial charge < -0.3 is 15.8 Å². The predicted molar refractivity (Wildman–Crippen MR) is 66.8 cm³/mol. The highest BCUT2D eigenvalue weighted by Crippen LogP contribution is 2.33. The lowest BCUT2D eigenvalue weighted by Gasteiger charge is -2.33. The third kappa shape index (κ3) is 2.70. The van der Waals surface area contributed by atoms with Crippen LogP contribution in [0.3, 0.4) is 0 Å². The smallest absolute Gasteiger partial charge is 0.236 e. The fourth-order valence-corrected chi connectivity index (χ4v) is 2.26. The van der Waals surface area contributed by atoms with Gasteiger partial charge in [0.15, 0.2) is 5.84 Å². The Hall–Kier alpha value is -1.26.